The molecule has 0 radical (unpaired) electrons. The van der Waals surface area contributed by atoms with Gasteiger partial charge in [0.15, 0.2) is 5.69 Å². The summed E-state index contributed by atoms with van der Waals surface area (Å²) in [5, 5.41) is 0. The SMILES string of the molecule is Cc1ccc(S(=O)(=O)N(C)c2ccc(OC(=O)c3cnccn3)cc2)cc1C. The van der Waals surface area contributed by atoms with Crippen molar-refractivity contribution in [3.63, 3.8) is 0 Å². The summed E-state index contributed by atoms with van der Waals surface area (Å²) in [4.78, 5) is 19.9. The Kier molecular flexibility index (Phi) is 5.41. The summed E-state index contributed by atoms with van der Waals surface area (Å²) in [6.07, 6.45) is 4.16. The van der Waals surface area contributed by atoms with Gasteiger partial charge in [-0.15, -0.1) is 0 Å². The molecule has 3 rings (SSSR count). The highest BCUT2D eigenvalue weighted by Crippen LogP contribution is 2.25. The highest BCUT2D eigenvalue weighted by atomic mass is 32.2. The van der Waals surface area contributed by atoms with Crippen molar-refractivity contribution in [1.82, 2.24) is 9.97 Å². The summed E-state index contributed by atoms with van der Waals surface area (Å²) >= 11 is 0. The molecule has 0 unspecified atom stereocenters. The van der Waals surface area contributed by atoms with Crippen LogP contribution in [-0.4, -0.2) is 31.4 Å². The van der Waals surface area contributed by atoms with Gasteiger partial charge in [-0.3, -0.25) is 9.29 Å². The predicted octanol–water partition coefficient (Wildman–Crippen LogP) is 3.14. The number of ether oxygens (including phenoxy) is 1. The number of aryl methyl sites for hydroxylation is 2. The standard InChI is InChI=1S/C20H19N3O4S/c1-14-4-9-18(12-15(14)2)28(25,26)23(3)16-5-7-17(8-6-16)27-20(24)19-13-21-10-11-22-19/h4-13H,1-3H3. The molecule has 1 heterocycles. The van der Waals surface area contributed by atoms with Gasteiger partial charge in [-0.2, -0.15) is 0 Å². The zero-order chi connectivity index (χ0) is 20.3. The molecule has 1 aromatic heterocycles. The van der Waals surface area contributed by atoms with Crippen LogP contribution in [0.15, 0.2) is 66.0 Å². The molecule has 3 aromatic rings. The van der Waals surface area contributed by atoms with Crippen molar-refractivity contribution in [3.05, 3.63) is 77.9 Å². The van der Waals surface area contributed by atoms with Gasteiger partial charge in [-0.1, -0.05) is 6.07 Å². The fraction of sp³-hybridized carbons (Fsp3) is 0.150. The number of esters is 1. The molecule has 7 nitrogen and oxygen atoms in total. The van der Waals surface area contributed by atoms with Crippen LogP contribution in [0, 0.1) is 13.8 Å². The minimum atomic E-state index is -3.70. The Bertz CT molecular complexity index is 1100. The maximum Gasteiger partial charge on any atom is 0.363 e. The van der Waals surface area contributed by atoms with Crippen LogP contribution in [0.2, 0.25) is 0 Å². The average molecular weight is 397 g/mol. The molecular weight excluding hydrogens is 378 g/mol. The van der Waals surface area contributed by atoms with E-state index in [0.29, 0.717) is 5.69 Å². The van der Waals surface area contributed by atoms with Crippen molar-refractivity contribution >= 4 is 21.7 Å². The van der Waals surface area contributed by atoms with E-state index >= 15 is 0 Å². The molecular formula is C20H19N3O4S. The minimum absolute atomic E-state index is 0.0843. The fourth-order valence-corrected chi connectivity index (χ4v) is 3.74. The van der Waals surface area contributed by atoms with E-state index < -0.39 is 16.0 Å². The van der Waals surface area contributed by atoms with Gasteiger partial charge in [-0.05, 0) is 61.4 Å². The molecule has 144 valence electrons. The van der Waals surface area contributed by atoms with E-state index in [4.69, 9.17) is 4.74 Å². The predicted molar refractivity (Wildman–Crippen MR) is 105 cm³/mol. The Morgan fingerprint density at radius 2 is 1.71 bits per heavy atom. The van der Waals surface area contributed by atoms with Crippen LogP contribution in [0.4, 0.5) is 5.69 Å². The normalized spacial score (nSPS) is 11.1. The number of hydrogen-bond donors (Lipinski definition) is 0. The van der Waals surface area contributed by atoms with E-state index in [2.05, 4.69) is 9.97 Å². The Labute approximate surface area is 163 Å². The first kappa shape index (κ1) is 19.5. The monoisotopic (exact) mass is 397 g/mol. The molecule has 0 aliphatic carbocycles. The Hall–Kier alpha value is -3.26. The second kappa shape index (κ2) is 7.77. The molecule has 0 spiro atoms. The average Bonchev–Trinajstić information content (AvgIpc) is 2.70. The number of carbonyl (C=O) groups is 1. The third-order valence-corrected chi connectivity index (χ3v) is 6.10. The number of aromatic nitrogens is 2. The molecule has 0 saturated heterocycles. The lowest BCUT2D eigenvalue weighted by molar-refractivity contribution is 0.0728. The molecule has 0 N–H and O–H groups in total. The van der Waals surface area contributed by atoms with Crippen molar-refractivity contribution < 1.29 is 17.9 Å². The smallest absolute Gasteiger partial charge is 0.363 e. The summed E-state index contributed by atoms with van der Waals surface area (Å²) in [5.74, 6) is -0.367. The molecule has 0 amide bonds. The van der Waals surface area contributed by atoms with Crippen molar-refractivity contribution in [3.8, 4) is 5.75 Å². The quantitative estimate of drug-likeness (QED) is 0.485. The van der Waals surface area contributed by atoms with E-state index in [1.807, 2.05) is 13.8 Å². The molecule has 0 saturated carbocycles. The van der Waals surface area contributed by atoms with Crippen LogP contribution >= 0.6 is 0 Å². The van der Waals surface area contributed by atoms with Gasteiger partial charge in [-0.25, -0.2) is 18.2 Å². The van der Waals surface area contributed by atoms with Gasteiger partial charge in [0.1, 0.15) is 5.75 Å². The zero-order valence-electron chi connectivity index (χ0n) is 15.7. The van der Waals surface area contributed by atoms with Crippen LogP contribution in [-0.2, 0) is 10.0 Å². The summed E-state index contributed by atoms with van der Waals surface area (Å²) in [6.45, 7) is 3.80. The van der Waals surface area contributed by atoms with Crippen LogP contribution in [0.3, 0.4) is 0 Å². The fourth-order valence-electron chi connectivity index (χ4n) is 2.46. The second-order valence-corrected chi connectivity index (χ2v) is 8.16. The number of nitrogens with zero attached hydrogens (tertiary/aromatic N) is 3. The van der Waals surface area contributed by atoms with Crippen LogP contribution < -0.4 is 9.04 Å². The van der Waals surface area contributed by atoms with Crippen LogP contribution in [0.25, 0.3) is 0 Å². The first-order chi connectivity index (χ1) is 13.3. The van der Waals surface area contributed by atoms with Gasteiger partial charge in [0.2, 0.25) is 0 Å². The van der Waals surface area contributed by atoms with Crippen molar-refractivity contribution in [2.75, 3.05) is 11.4 Å². The van der Waals surface area contributed by atoms with Gasteiger partial charge < -0.3 is 4.74 Å². The van der Waals surface area contributed by atoms with Crippen molar-refractivity contribution in [1.29, 1.82) is 0 Å². The van der Waals surface area contributed by atoms with Crippen molar-refractivity contribution in [2.45, 2.75) is 18.7 Å². The number of benzene rings is 2. The van der Waals surface area contributed by atoms with E-state index in [9.17, 15) is 13.2 Å². The first-order valence-corrected chi connectivity index (χ1v) is 9.87. The topological polar surface area (TPSA) is 89.5 Å². The summed E-state index contributed by atoms with van der Waals surface area (Å²) in [5.41, 5.74) is 2.45. The number of hydrogen-bond acceptors (Lipinski definition) is 6. The molecule has 8 heteroatoms. The third-order valence-electron chi connectivity index (χ3n) is 4.32. The Morgan fingerprint density at radius 1 is 1.00 bits per heavy atom. The number of rotatable bonds is 5. The highest BCUT2D eigenvalue weighted by molar-refractivity contribution is 7.92. The second-order valence-electron chi connectivity index (χ2n) is 6.19. The molecule has 28 heavy (non-hydrogen) atoms. The molecule has 0 aliphatic rings. The number of sulfonamides is 1. The lowest BCUT2D eigenvalue weighted by Gasteiger charge is -2.20. The van der Waals surface area contributed by atoms with Gasteiger partial charge in [0, 0.05) is 19.4 Å². The number of anilines is 1. The number of carbonyl (C=O) groups excluding carboxylic acids is 1. The molecule has 2 aromatic carbocycles. The van der Waals surface area contributed by atoms with Gasteiger partial charge in [0.05, 0.1) is 16.8 Å². The first-order valence-electron chi connectivity index (χ1n) is 8.43. The van der Waals surface area contributed by atoms with E-state index in [0.717, 1.165) is 11.1 Å². The Balaban J connectivity index is 1.78. The molecule has 0 atom stereocenters. The molecule has 0 bridgehead atoms. The van der Waals surface area contributed by atoms with Gasteiger partial charge in [0.25, 0.3) is 10.0 Å². The molecule has 0 fully saturated rings. The van der Waals surface area contributed by atoms with E-state index in [1.54, 1.807) is 30.3 Å². The molecule has 0 aliphatic heterocycles. The van der Waals surface area contributed by atoms with Gasteiger partial charge >= 0.3 is 5.97 Å². The zero-order valence-corrected chi connectivity index (χ0v) is 16.5. The van der Waals surface area contributed by atoms with E-state index in [-0.39, 0.29) is 16.3 Å². The minimum Gasteiger partial charge on any atom is -0.422 e. The maximum absolute atomic E-state index is 12.9. The maximum atomic E-state index is 12.9. The Morgan fingerprint density at radius 3 is 2.32 bits per heavy atom. The van der Waals surface area contributed by atoms with Crippen LogP contribution in [0.5, 0.6) is 5.75 Å². The largest absolute Gasteiger partial charge is 0.422 e. The van der Waals surface area contributed by atoms with Crippen LogP contribution in [0.1, 0.15) is 21.6 Å². The lowest BCUT2D eigenvalue weighted by atomic mass is 10.1. The van der Waals surface area contributed by atoms with E-state index in [1.165, 1.54) is 42.1 Å². The summed E-state index contributed by atoms with van der Waals surface area (Å²) in [7, 11) is -2.23. The summed E-state index contributed by atoms with van der Waals surface area (Å²) < 4.78 is 32.1. The summed E-state index contributed by atoms with van der Waals surface area (Å²) in [6, 6.07) is 11.2. The highest BCUT2D eigenvalue weighted by Gasteiger charge is 2.22. The third kappa shape index (κ3) is 4.01. The lowest BCUT2D eigenvalue weighted by Crippen LogP contribution is -2.26. The van der Waals surface area contributed by atoms with Crippen molar-refractivity contribution in [2.24, 2.45) is 0 Å².